The first kappa shape index (κ1) is 19.2. The normalized spacial score (nSPS) is 20.5. The van der Waals surface area contributed by atoms with Crippen molar-refractivity contribution in [2.45, 2.75) is 43.8 Å². The second kappa shape index (κ2) is 9.97. The van der Waals surface area contributed by atoms with Crippen LogP contribution in [-0.2, 0) is 0 Å². The molecule has 1 saturated carbocycles. The summed E-state index contributed by atoms with van der Waals surface area (Å²) in [6, 6.07) is 19.2. The second-order valence-corrected chi connectivity index (χ2v) is 6.92. The Kier molecular flexibility index (Phi) is 7.11. The summed E-state index contributed by atoms with van der Waals surface area (Å²) in [5.41, 5.74) is 10.9. The highest BCUT2D eigenvalue weighted by Gasteiger charge is 2.24. The maximum Gasteiger partial charge on any atom is 0.167 e. The number of benzene rings is 2. The molecule has 6 nitrogen and oxygen atoms in total. The molecule has 0 aliphatic heterocycles. The van der Waals surface area contributed by atoms with Crippen LogP contribution in [0.1, 0.15) is 48.9 Å². The van der Waals surface area contributed by atoms with Gasteiger partial charge < -0.3 is 10.1 Å². The van der Waals surface area contributed by atoms with Crippen molar-refractivity contribution in [2.75, 3.05) is 13.8 Å². The molecule has 0 heterocycles. The summed E-state index contributed by atoms with van der Waals surface area (Å²) >= 11 is 0. The van der Waals surface area contributed by atoms with Gasteiger partial charge >= 0.3 is 0 Å². The van der Waals surface area contributed by atoms with E-state index in [9.17, 15) is 0 Å². The molecule has 1 fully saturated rings. The van der Waals surface area contributed by atoms with E-state index in [0.29, 0.717) is 17.7 Å². The van der Waals surface area contributed by atoms with Crippen molar-refractivity contribution in [1.29, 1.82) is 0 Å². The molecular formula is C21H27N5O. The smallest absolute Gasteiger partial charge is 0.167 e. The van der Waals surface area contributed by atoms with Crippen molar-refractivity contribution in [2.24, 2.45) is 5.11 Å². The number of hydrogen-bond acceptors (Lipinski definition) is 4. The number of rotatable bonds is 8. The maximum absolute atomic E-state index is 8.36. The van der Waals surface area contributed by atoms with E-state index in [1.165, 1.54) is 31.2 Å². The predicted molar refractivity (Wildman–Crippen MR) is 107 cm³/mol. The van der Waals surface area contributed by atoms with Crippen LogP contribution < -0.4 is 15.4 Å². The van der Waals surface area contributed by atoms with E-state index in [1.54, 1.807) is 0 Å². The molecule has 1 aliphatic carbocycles. The first-order chi connectivity index (χ1) is 13.3. The molecule has 0 unspecified atom stereocenters. The number of nitrogens with zero attached hydrogens (tertiary/aromatic N) is 3. The van der Waals surface area contributed by atoms with Crippen LogP contribution in [0.3, 0.4) is 0 Å². The van der Waals surface area contributed by atoms with E-state index in [4.69, 9.17) is 10.3 Å². The van der Waals surface area contributed by atoms with Crippen LogP contribution in [0.5, 0.6) is 5.75 Å². The summed E-state index contributed by atoms with van der Waals surface area (Å²) in [6.07, 6.45) is 4.84. The van der Waals surface area contributed by atoms with Gasteiger partial charge in [0.2, 0.25) is 0 Å². The lowest BCUT2D eigenvalue weighted by Crippen LogP contribution is -2.41. The molecule has 1 aliphatic rings. The first-order valence-corrected chi connectivity index (χ1v) is 9.52. The van der Waals surface area contributed by atoms with Gasteiger partial charge in [0.25, 0.3) is 0 Å². The van der Waals surface area contributed by atoms with Crippen molar-refractivity contribution in [3.05, 3.63) is 76.2 Å². The molecule has 1 atom stereocenters. The lowest BCUT2D eigenvalue weighted by molar-refractivity contribution is 0.299. The standard InChI is InChI=1S/C21H27N5O/c1-23-21(18-8-5-9-20(14-18)27-15-24-26-22)25-19-12-10-17(11-13-19)16-6-3-2-4-7-16/h2-9,14,17,19,21,23,25H,10-13,15H2,1H3/t17?,19?,21-/m0/s1. The molecule has 27 heavy (non-hydrogen) atoms. The highest BCUT2D eigenvalue weighted by Crippen LogP contribution is 2.33. The van der Waals surface area contributed by atoms with Crippen LogP contribution in [0.4, 0.5) is 0 Å². The van der Waals surface area contributed by atoms with Gasteiger partial charge in [0.1, 0.15) is 5.75 Å². The van der Waals surface area contributed by atoms with Crippen LogP contribution in [-0.4, -0.2) is 19.8 Å². The van der Waals surface area contributed by atoms with E-state index in [2.05, 4.69) is 57.1 Å². The molecular weight excluding hydrogens is 338 g/mol. The van der Waals surface area contributed by atoms with Crippen molar-refractivity contribution < 1.29 is 4.74 Å². The zero-order chi connectivity index (χ0) is 18.9. The lowest BCUT2D eigenvalue weighted by Gasteiger charge is -2.32. The highest BCUT2D eigenvalue weighted by atomic mass is 16.5. The van der Waals surface area contributed by atoms with E-state index < -0.39 is 0 Å². The molecule has 0 bridgehead atoms. The molecule has 142 valence electrons. The summed E-state index contributed by atoms with van der Waals surface area (Å²) in [7, 11) is 1.96. The Morgan fingerprint density at radius 3 is 2.59 bits per heavy atom. The van der Waals surface area contributed by atoms with Gasteiger partial charge in [-0.25, -0.2) is 0 Å². The maximum atomic E-state index is 8.36. The van der Waals surface area contributed by atoms with Gasteiger partial charge in [-0.05, 0) is 67.4 Å². The summed E-state index contributed by atoms with van der Waals surface area (Å²) in [5.74, 6) is 1.38. The zero-order valence-corrected chi connectivity index (χ0v) is 15.7. The Bertz CT molecular complexity index is 752. The van der Waals surface area contributed by atoms with Crippen LogP contribution in [0.25, 0.3) is 10.4 Å². The van der Waals surface area contributed by atoms with Gasteiger partial charge in [-0.15, -0.1) is 0 Å². The van der Waals surface area contributed by atoms with Crippen molar-refractivity contribution in [3.63, 3.8) is 0 Å². The lowest BCUT2D eigenvalue weighted by atomic mass is 9.81. The molecule has 0 amide bonds. The predicted octanol–water partition coefficient (Wildman–Crippen LogP) is 4.87. The van der Waals surface area contributed by atoms with Crippen LogP contribution in [0.15, 0.2) is 59.7 Å². The first-order valence-electron chi connectivity index (χ1n) is 9.52. The number of azide groups is 1. The molecule has 0 aromatic heterocycles. The summed E-state index contributed by atoms with van der Waals surface area (Å²) in [5, 5.41) is 10.5. The molecule has 0 spiro atoms. The number of hydrogen-bond donors (Lipinski definition) is 2. The van der Waals surface area contributed by atoms with Gasteiger partial charge in [0.05, 0.1) is 6.17 Å². The minimum Gasteiger partial charge on any atom is -0.488 e. The molecule has 3 rings (SSSR count). The third-order valence-corrected chi connectivity index (χ3v) is 5.23. The van der Waals surface area contributed by atoms with Crippen molar-refractivity contribution in [1.82, 2.24) is 10.6 Å². The molecule has 2 aromatic carbocycles. The second-order valence-electron chi connectivity index (χ2n) is 6.92. The van der Waals surface area contributed by atoms with E-state index in [0.717, 1.165) is 5.56 Å². The van der Waals surface area contributed by atoms with Crippen LogP contribution in [0.2, 0.25) is 0 Å². The monoisotopic (exact) mass is 365 g/mol. The topological polar surface area (TPSA) is 82.0 Å². The third kappa shape index (κ3) is 5.47. The van der Waals surface area contributed by atoms with Crippen LogP contribution >= 0.6 is 0 Å². The van der Waals surface area contributed by atoms with E-state index >= 15 is 0 Å². The molecule has 2 N–H and O–H groups in total. The van der Waals surface area contributed by atoms with Gasteiger partial charge in [-0.1, -0.05) is 47.6 Å². The Morgan fingerprint density at radius 1 is 1.11 bits per heavy atom. The minimum absolute atomic E-state index is 0.00109. The average molecular weight is 365 g/mol. The summed E-state index contributed by atoms with van der Waals surface area (Å²) in [4.78, 5) is 2.71. The van der Waals surface area contributed by atoms with Gasteiger partial charge in [-0.2, -0.15) is 0 Å². The third-order valence-electron chi connectivity index (χ3n) is 5.23. The zero-order valence-electron chi connectivity index (χ0n) is 15.7. The SMILES string of the molecule is CN[C@@H](NC1CCC(c2ccccc2)CC1)c1cccc(OCN=[N+]=[N-])c1. The Balaban J connectivity index is 1.56. The Hall–Kier alpha value is -2.53. The number of nitrogens with one attached hydrogen (secondary N) is 2. The largest absolute Gasteiger partial charge is 0.488 e. The highest BCUT2D eigenvalue weighted by molar-refractivity contribution is 5.30. The van der Waals surface area contributed by atoms with Gasteiger partial charge in [0, 0.05) is 11.0 Å². The van der Waals surface area contributed by atoms with Crippen molar-refractivity contribution in [3.8, 4) is 5.75 Å². The summed E-state index contributed by atoms with van der Waals surface area (Å²) in [6.45, 7) is 0.00109. The van der Waals surface area contributed by atoms with Gasteiger partial charge in [0.15, 0.2) is 6.73 Å². The fourth-order valence-corrected chi connectivity index (χ4v) is 3.81. The summed E-state index contributed by atoms with van der Waals surface area (Å²) < 4.78 is 5.46. The molecule has 6 heteroatoms. The molecule has 0 radical (unpaired) electrons. The Labute approximate surface area is 160 Å². The fourth-order valence-electron chi connectivity index (χ4n) is 3.81. The number of ether oxygens (including phenoxy) is 1. The quantitative estimate of drug-likeness (QED) is 0.303. The van der Waals surface area contributed by atoms with E-state index in [1.807, 2.05) is 25.2 Å². The average Bonchev–Trinajstić information content (AvgIpc) is 2.73. The van der Waals surface area contributed by atoms with Crippen molar-refractivity contribution >= 4 is 0 Å². The minimum atomic E-state index is 0.00109. The molecule has 0 saturated heterocycles. The Morgan fingerprint density at radius 2 is 1.89 bits per heavy atom. The molecule has 2 aromatic rings. The fraction of sp³-hybridized carbons (Fsp3) is 0.429. The van der Waals surface area contributed by atoms with Crippen LogP contribution in [0, 0.1) is 0 Å². The van der Waals surface area contributed by atoms with Gasteiger partial charge in [-0.3, -0.25) is 5.32 Å². The van der Waals surface area contributed by atoms with E-state index in [-0.39, 0.29) is 12.9 Å².